The zero-order valence-electron chi connectivity index (χ0n) is 11.8. The summed E-state index contributed by atoms with van der Waals surface area (Å²) in [5.74, 6) is 0.632. The number of phenolic OH excluding ortho intramolecular Hbond substituents is 2. The van der Waals surface area contributed by atoms with Gasteiger partial charge in [-0.05, 0) is 55.2 Å². The zero-order valence-corrected chi connectivity index (χ0v) is 11.8. The van der Waals surface area contributed by atoms with Crippen molar-refractivity contribution in [3.05, 3.63) is 53.1 Å². The van der Waals surface area contributed by atoms with Crippen molar-refractivity contribution in [1.29, 1.82) is 0 Å². The largest absolute Gasteiger partial charge is 0.508 e. The van der Waals surface area contributed by atoms with Crippen molar-refractivity contribution in [2.24, 2.45) is 0 Å². The van der Waals surface area contributed by atoms with Gasteiger partial charge in [0, 0.05) is 18.3 Å². The first-order valence-electron chi connectivity index (χ1n) is 6.94. The molecule has 3 rings (SSSR count). The monoisotopic (exact) mass is 269 g/mol. The van der Waals surface area contributed by atoms with Gasteiger partial charge in [0.1, 0.15) is 11.5 Å². The predicted molar refractivity (Wildman–Crippen MR) is 80.4 cm³/mol. The van der Waals surface area contributed by atoms with Crippen LogP contribution in [0.2, 0.25) is 0 Å². The van der Waals surface area contributed by atoms with E-state index in [4.69, 9.17) is 0 Å². The van der Waals surface area contributed by atoms with E-state index in [-0.39, 0.29) is 6.04 Å². The van der Waals surface area contributed by atoms with Crippen molar-refractivity contribution >= 4 is 5.69 Å². The molecule has 2 aromatic rings. The summed E-state index contributed by atoms with van der Waals surface area (Å²) >= 11 is 0. The number of hydrogen-bond donors (Lipinski definition) is 2. The third kappa shape index (κ3) is 2.09. The van der Waals surface area contributed by atoms with Crippen LogP contribution in [-0.2, 0) is 6.42 Å². The maximum atomic E-state index is 9.73. The summed E-state index contributed by atoms with van der Waals surface area (Å²) in [6.45, 7) is 5.12. The molecule has 2 N–H and O–H groups in total. The standard InChI is InChI=1S/C17H19NO2/c1-11-3-4-15(20)10-17(11)18-8-7-13-9-14(19)5-6-16(13)12(18)2/h3-6,9-10,12,19-20H,7-8H2,1-2H3. The number of aromatic hydroxyl groups is 2. The number of rotatable bonds is 1. The predicted octanol–water partition coefficient (Wildman–Crippen LogP) is 3.53. The van der Waals surface area contributed by atoms with E-state index in [2.05, 4.69) is 18.7 Å². The van der Waals surface area contributed by atoms with Crippen molar-refractivity contribution in [2.45, 2.75) is 26.3 Å². The van der Waals surface area contributed by atoms with Crippen LogP contribution in [0.25, 0.3) is 0 Å². The van der Waals surface area contributed by atoms with Crippen molar-refractivity contribution in [3.63, 3.8) is 0 Å². The second-order valence-corrected chi connectivity index (χ2v) is 5.47. The molecule has 0 fully saturated rings. The minimum absolute atomic E-state index is 0.236. The maximum Gasteiger partial charge on any atom is 0.117 e. The Morgan fingerprint density at radius 3 is 2.55 bits per heavy atom. The molecule has 1 heterocycles. The minimum Gasteiger partial charge on any atom is -0.508 e. The summed E-state index contributed by atoms with van der Waals surface area (Å²) in [5, 5.41) is 19.3. The average Bonchev–Trinajstić information content (AvgIpc) is 2.42. The summed E-state index contributed by atoms with van der Waals surface area (Å²) in [6, 6.07) is 11.3. The summed E-state index contributed by atoms with van der Waals surface area (Å²) < 4.78 is 0. The Morgan fingerprint density at radius 1 is 1.05 bits per heavy atom. The molecule has 2 aromatic carbocycles. The Labute approximate surface area is 119 Å². The second-order valence-electron chi connectivity index (χ2n) is 5.47. The fourth-order valence-corrected chi connectivity index (χ4v) is 3.05. The van der Waals surface area contributed by atoms with Crippen LogP contribution in [0.3, 0.4) is 0 Å². The molecule has 0 saturated carbocycles. The molecule has 104 valence electrons. The van der Waals surface area contributed by atoms with E-state index in [1.54, 1.807) is 12.1 Å². The SMILES string of the molecule is Cc1ccc(O)cc1N1CCc2cc(O)ccc2C1C. The van der Waals surface area contributed by atoms with Crippen LogP contribution in [0.1, 0.15) is 29.7 Å². The highest BCUT2D eigenvalue weighted by Crippen LogP contribution is 2.37. The first-order chi connectivity index (χ1) is 9.56. The topological polar surface area (TPSA) is 43.7 Å². The number of aryl methyl sites for hydroxylation is 1. The molecular weight excluding hydrogens is 250 g/mol. The van der Waals surface area contributed by atoms with Crippen molar-refractivity contribution in [2.75, 3.05) is 11.4 Å². The molecule has 20 heavy (non-hydrogen) atoms. The molecule has 1 aliphatic heterocycles. The van der Waals surface area contributed by atoms with Crippen LogP contribution in [0.5, 0.6) is 11.5 Å². The molecule has 0 aliphatic carbocycles. The molecule has 0 saturated heterocycles. The van der Waals surface area contributed by atoms with Gasteiger partial charge in [0.25, 0.3) is 0 Å². The van der Waals surface area contributed by atoms with Gasteiger partial charge in [-0.25, -0.2) is 0 Å². The van der Waals surface area contributed by atoms with E-state index in [0.29, 0.717) is 11.5 Å². The van der Waals surface area contributed by atoms with Gasteiger partial charge in [-0.15, -0.1) is 0 Å². The van der Waals surface area contributed by atoms with Gasteiger partial charge in [-0.2, -0.15) is 0 Å². The quantitative estimate of drug-likeness (QED) is 0.832. The van der Waals surface area contributed by atoms with Gasteiger partial charge < -0.3 is 15.1 Å². The maximum absolute atomic E-state index is 9.73. The van der Waals surface area contributed by atoms with Gasteiger partial charge in [0.15, 0.2) is 0 Å². The van der Waals surface area contributed by atoms with E-state index in [9.17, 15) is 10.2 Å². The molecule has 0 spiro atoms. The van der Waals surface area contributed by atoms with Gasteiger partial charge in [0.05, 0.1) is 6.04 Å². The fraction of sp³-hybridized carbons (Fsp3) is 0.294. The molecule has 0 radical (unpaired) electrons. The highest BCUT2D eigenvalue weighted by atomic mass is 16.3. The van der Waals surface area contributed by atoms with E-state index >= 15 is 0 Å². The van der Waals surface area contributed by atoms with Crippen molar-refractivity contribution in [3.8, 4) is 11.5 Å². The Balaban J connectivity index is 2.01. The minimum atomic E-state index is 0.236. The summed E-state index contributed by atoms with van der Waals surface area (Å²) in [7, 11) is 0. The summed E-state index contributed by atoms with van der Waals surface area (Å²) in [6.07, 6.45) is 0.906. The summed E-state index contributed by atoms with van der Waals surface area (Å²) in [4.78, 5) is 2.31. The van der Waals surface area contributed by atoms with Crippen molar-refractivity contribution < 1.29 is 10.2 Å². The van der Waals surface area contributed by atoms with Crippen LogP contribution >= 0.6 is 0 Å². The second kappa shape index (κ2) is 4.75. The number of anilines is 1. The Kier molecular flexibility index (Phi) is 3.05. The Morgan fingerprint density at radius 2 is 1.75 bits per heavy atom. The normalized spacial score (nSPS) is 17.9. The molecule has 3 heteroatoms. The third-order valence-electron chi connectivity index (χ3n) is 4.17. The molecule has 1 atom stereocenters. The van der Waals surface area contributed by atoms with E-state index in [1.807, 2.05) is 24.3 Å². The van der Waals surface area contributed by atoms with Gasteiger partial charge in [-0.1, -0.05) is 12.1 Å². The Hall–Kier alpha value is -2.16. The highest BCUT2D eigenvalue weighted by molar-refractivity contribution is 5.59. The lowest BCUT2D eigenvalue weighted by molar-refractivity contribution is 0.472. The van der Waals surface area contributed by atoms with E-state index in [0.717, 1.165) is 24.2 Å². The molecule has 0 amide bonds. The van der Waals surface area contributed by atoms with E-state index < -0.39 is 0 Å². The van der Waals surface area contributed by atoms with Crippen LogP contribution < -0.4 is 4.90 Å². The average molecular weight is 269 g/mol. The molecule has 3 nitrogen and oxygen atoms in total. The lowest BCUT2D eigenvalue weighted by atomic mass is 9.92. The van der Waals surface area contributed by atoms with Gasteiger partial charge in [0.2, 0.25) is 0 Å². The number of nitrogens with zero attached hydrogens (tertiary/aromatic N) is 1. The number of phenols is 2. The number of benzene rings is 2. The van der Waals surface area contributed by atoms with Crippen LogP contribution in [0.4, 0.5) is 5.69 Å². The molecule has 0 aromatic heterocycles. The molecular formula is C17H19NO2. The van der Waals surface area contributed by atoms with Crippen LogP contribution in [0, 0.1) is 6.92 Å². The van der Waals surface area contributed by atoms with Crippen LogP contribution in [-0.4, -0.2) is 16.8 Å². The Bertz CT molecular complexity index is 651. The third-order valence-corrected chi connectivity index (χ3v) is 4.17. The van der Waals surface area contributed by atoms with Crippen molar-refractivity contribution in [1.82, 2.24) is 0 Å². The summed E-state index contributed by atoms with van der Waals surface area (Å²) in [5.41, 5.74) is 4.71. The van der Waals surface area contributed by atoms with Gasteiger partial charge in [-0.3, -0.25) is 0 Å². The molecule has 0 bridgehead atoms. The highest BCUT2D eigenvalue weighted by Gasteiger charge is 2.25. The lowest BCUT2D eigenvalue weighted by Gasteiger charge is -2.38. The number of hydrogen-bond acceptors (Lipinski definition) is 3. The van der Waals surface area contributed by atoms with Crippen LogP contribution in [0.15, 0.2) is 36.4 Å². The molecule has 1 unspecified atom stereocenters. The first kappa shape index (κ1) is 12.9. The fourth-order valence-electron chi connectivity index (χ4n) is 3.05. The van der Waals surface area contributed by atoms with Gasteiger partial charge >= 0.3 is 0 Å². The number of fused-ring (bicyclic) bond motifs is 1. The lowest BCUT2D eigenvalue weighted by Crippen LogP contribution is -2.34. The zero-order chi connectivity index (χ0) is 14.3. The van der Waals surface area contributed by atoms with E-state index in [1.165, 1.54) is 11.1 Å². The first-order valence-corrected chi connectivity index (χ1v) is 6.94. The smallest absolute Gasteiger partial charge is 0.117 e. The molecule has 1 aliphatic rings.